The predicted molar refractivity (Wildman–Crippen MR) is 152 cm³/mol. The van der Waals surface area contributed by atoms with E-state index in [1.165, 1.54) is 6.07 Å². The fraction of sp³-hybridized carbons (Fsp3) is 0.241. The molecule has 1 aliphatic heterocycles. The lowest BCUT2D eigenvalue weighted by Gasteiger charge is -2.28. The Balaban J connectivity index is 1.63. The van der Waals surface area contributed by atoms with Crippen LogP contribution in [0.4, 0.5) is 5.69 Å². The number of non-ortho nitro benzene ring substituents is 1. The number of aryl methyl sites for hydroxylation is 1. The molecule has 0 saturated carbocycles. The minimum Gasteiger partial charge on any atom is -0.497 e. The third-order valence-corrected chi connectivity index (χ3v) is 7.47. The van der Waals surface area contributed by atoms with E-state index >= 15 is 0 Å². The lowest BCUT2D eigenvalue weighted by atomic mass is 9.96. The maximum atomic E-state index is 11.6. The minimum atomic E-state index is -0.398. The predicted octanol–water partition coefficient (Wildman–Crippen LogP) is 5.59. The molecule has 10 heteroatoms. The highest BCUT2D eigenvalue weighted by Gasteiger charge is 2.41. The highest BCUT2D eigenvalue weighted by atomic mass is 32.1. The Morgan fingerprint density at radius 1 is 1.05 bits per heavy atom. The fourth-order valence-corrected chi connectivity index (χ4v) is 5.57. The molecule has 0 aliphatic carbocycles. The number of hydrogen-bond donors (Lipinski definition) is 1. The molecular weight excluding hydrogens is 514 g/mol. The Morgan fingerprint density at radius 2 is 1.82 bits per heavy atom. The maximum Gasteiger partial charge on any atom is 0.271 e. The largest absolute Gasteiger partial charge is 0.497 e. The summed E-state index contributed by atoms with van der Waals surface area (Å²) in [5.41, 5.74) is 5.46. The Kier molecular flexibility index (Phi) is 7.21. The highest BCUT2D eigenvalue weighted by molar-refractivity contribution is 7.80. The summed E-state index contributed by atoms with van der Waals surface area (Å²) in [6.07, 6.45) is 1.78. The van der Waals surface area contributed by atoms with Crippen molar-refractivity contribution in [2.24, 2.45) is 0 Å². The molecule has 2 aromatic carbocycles. The van der Waals surface area contributed by atoms with Gasteiger partial charge in [-0.3, -0.25) is 15.1 Å². The van der Waals surface area contributed by atoms with E-state index in [0.29, 0.717) is 23.1 Å². The van der Waals surface area contributed by atoms with Crippen LogP contribution in [0, 0.1) is 24.0 Å². The number of nitro groups is 1. The van der Waals surface area contributed by atoms with Crippen LogP contribution in [0.2, 0.25) is 0 Å². The van der Waals surface area contributed by atoms with Crippen molar-refractivity contribution in [3.05, 3.63) is 111 Å². The fourth-order valence-electron chi connectivity index (χ4n) is 5.27. The van der Waals surface area contributed by atoms with Crippen molar-refractivity contribution in [2.75, 3.05) is 14.2 Å². The molecule has 2 atom stereocenters. The number of ether oxygens (including phenoxy) is 2. The standard InChI is InChI=1S/C29H29N5O4S/c1-18-15-23(19(2)33(18)25-16-21(34(35)36)10-13-26(25)38-4)28-27(24-7-5-6-14-30-24)31-29(39)32(28)17-20-8-11-22(37-3)12-9-20/h5-16,27-28H,17H2,1-4H3,(H,31,39)/t27-,28-/m0/s1. The van der Waals surface area contributed by atoms with Crippen LogP contribution in [0.25, 0.3) is 5.69 Å². The lowest BCUT2D eigenvalue weighted by molar-refractivity contribution is -0.384. The average molecular weight is 544 g/mol. The summed E-state index contributed by atoms with van der Waals surface area (Å²) in [7, 11) is 3.21. The van der Waals surface area contributed by atoms with Crippen LogP contribution in [0.5, 0.6) is 11.5 Å². The number of methoxy groups -OCH3 is 2. The normalized spacial score (nSPS) is 16.7. The van der Waals surface area contributed by atoms with Crippen molar-refractivity contribution in [2.45, 2.75) is 32.5 Å². The van der Waals surface area contributed by atoms with E-state index in [-0.39, 0.29) is 17.8 Å². The van der Waals surface area contributed by atoms with Crippen LogP contribution in [-0.4, -0.2) is 38.7 Å². The summed E-state index contributed by atoms with van der Waals surface area (Å²) in [4.78, 5) is 18.0. The van der Waals surface area contributed by atoms with E-state index in [4.69, 9.17) is 21.7 Å². The van der Waals surface area contributed by atoms with Gasteiger partial charge in [-0.05, 0) is 73.6 Å². The molecule has 1 N–H and O–H groups in total. The zero-order chi connectivity index (χ0) is 27.7. The van der Waals surface area contributed by atoms with Crippen LogP contribution in [-0.2, 0) is 6.54 Å². The van der Waals surface area contributed by atoms with Crippen molar-refractivity contribution >= 4 is 23.0 Å². The van der Waals surface area contributed by atoms with Gasteiger partial charge >= 0.3 is 0 Å². The first-order valence-electron chi connectivity index (χ1n) is 12.4. The molecule has 1 saturated heterocycles. The first-order chi connectivity index (χ1) is 18.8. The zero-order valence-corrected chi connectivity index (χ0v) is 22.9. The van der Waals surface area contributed by atoms with Gasteiger partial charge < -0.3 is 24.3 Å². The molecule has 4 aromatic rings. The molecule has 0 amide bonds. The van der Waals surface area contributed by atoms with Crippen molar-refractivity contribution in [1.29, 1.82) is 0 Å². The van der Waals surface area contributed by atoms with Crippen molar-refractivity contribution in [1.82, 2.24) is 19.8 Å². The molecule has 0 unspecified atom stereocenters. The lowest BCUT2D eigenvalue weighted by Crippen LogP contribution is -2.29. The summed E-state index contributed by atoms with van der Waals surface area (Å²) < 4.78 is 12.9. The molecule has 39 heavy (non-hydrogen) atoms. The summed E-state index contributed by atoms with van der Waals surface area (Å²) in [5.74, 6) is 1.34. The number of nitro benzene ring substituents is 1. The molecule has 2 aromatic heterocycles. The summed E-state index contributed by atoms with van der Waals surface area (Å²) in [6, 6.07) is 20.2. The van der Waals surface area contributed by atoms with E-state index in [9.17, 15) is 10.1 Å². The number of thiocarbonyl (C=S) groups is 1. The van der Waals surface area contributed by atoms with Gasteiger partial charge in [0.2, 0.25) is 0 Å². The van der Waals surface area contributed by atoms with Gasteiger partial charge in [0.25, 0.3) is 5.69 Å². The van der Waals surface area contributed by atoms with Gasteiger partial charge in [0.15, 0.2) is 5.11 Å². The molecule has 1 aliphatic rings. The Morgan fingerprint density at radius 3 is 2.46 bits per heavy atom. The minimum absolute atomic E-state index is 0.00365. The first kappa shape index (κ1) is 26.2. The SMILES string of the molecule is COc1ccc(CN2C(=S)N[C@@H](c3ccccn3)[C@@H]2c2cc(C)n(-c3cc([N+](=O)[O-])ccc3OC)c2C)cc1. The van der Waals surface area contributed by atoms with Gasteiger partial charge in [-0.1, -0.05) is 18.2 Å². The molecular formula is C29H29N5O4S. The van der Waals surface area contributed by atoms with Gasteiger partial charge in [0.05, 0.1) is 42.6 Å². The first-order valence-corrected chi connectivity index (χ1v) is 12.9. The van der Waals surface area contributed by atoms with Gasteiger partial charge in [-0.2, -0.15) is 0 Å². The quantitative estimate of drug-likeness (QED) is 0.175. The number of rotatable bonds is 8. The number of nitrogens with one attached hydrogen (secondary N) is 1. The van der Waals surface area contributed by atoms with Crippen LogP contribution < -0.4 is 14.8 Å². The Bertz CT molecular complexity index is 1520. The monoisotopic (exact) mass is 543 g/mol. The molecule has 5 rings (SSSR count). The van der Waals surface area contributed by atoms with Gasteiger partial charge in [-0.25, -0.2) is 0 Å². The third-order valence-electron chi connectivity index (χ3n) is 7.11. The van der Waals surface area contributed by atoms with E-state index in [0.717, 1.165) is 34.0 Å². The Hall–Kier alpha value is -4.44. The van der Waals surface area contributed by atoms with Gasteiger partial charge in [0, 0.05) is 36.3 Å². The molecule has 0 radical (unpaired) electrons. The maximum absolute atomic E-state index is 11.6. The number of aromatic nitrogens is 2. The number of hydrogen-bond acceptors (Lipinski definition) is 6. The average Bonchev–Trinajstić information content (AvgIpc) is 3.43. The topological polar surface area (TPSA) is 94.7 Å². The van der Waals surface area contributed by atoms with Crippen LogP contribution >= 0.6 is 12.2 Å². The number of pyridine rings is 1. The van der Waals surface area contributed by atoms with Crippen LogP contribution in [0.3, 0.4) is 0 Å². The van der Waals surface area contributed by atoms with Crippen molar-refractivity contribution < 1.29 is 14.4 Å². The van der Waals surface area contributed by atoms with Crippen LogP contribution in [0.15, 0.2) is 72.9 Å². The van der Waals surface area contributed by atoms with E-state index in [1.54, 1.807) is 32.5 Å². The van der Waals surface area contributed by atoms with Gasteiger partial charge in [-0.15, -0.1) is 0 Å². The molecule has 200 valence electrons. The Labute approximate surface area is 232 Å². The second-order valence-corrected chi connectivity index (χ2v) is 9.76. The van der Waals surface area contributed by atoms with Crippen LogP contribution in [0.1, 0.15) is 40.3 Å². The molecule has 0 spiro atoms. The van der Waals surface area contributed by atoms with E-state index in [1.807, 2.05) is 60.9 Å². The van der Waals surface area contributed by atoms with Crippen molar-refractivity contribution in [3.63, 3.8) is 0 Å². The summed E-state index contributed by atoms with van der Waals surface area (Å²) >= 11 is 5.86. The number of benzene rings is 2. The van der Waals surface area contributed by atoms with E-state index < -0.39 is 4.92 Å². The molecule has 0 bridgehead atoms. The summed E-state index contributed by atoms with van der Waals surface area (Å²) in [6.45, 7) is 4.58. The van der Waals surface area contributed by atoms with E-state index in [2.05, 4.69) is 21.3 Å². The second-order valence-electron chi connectivity index (χ2n) is 9.38. The third kappa shape index (κ3) is 4.90. The molecule has 1 fully saturated rings. The highest BCUT2D eigenvalue weighted by Crippen LogP contribution is 2.43. The van der Waals surface area contributed by atoms with Crippen molar-refractivity contribution in [3.8, 4) is 17.2 Å². The summed E-state index contributed by atoms with van der Waals surface area (Å²) in [5, 5.41) is 15.7. The van der Waals surface area contributed by atoms with Gasteiger partial charge in [0.1, 0.15) is 11.5 Å². The molecule has 9 nitrogen and oxygen atoms in total. The molecule has 3 heterocycles. The zero-order valence-electron chi connectivity index (χ0n) is 22.1. The second kappa shape index (κ2) is 10.7. The number of nitrogens with zero attached hydrogens (tertiary/aromatic N) is 4. The smallest absolute Gasteiger partial charge is 0.271 e.